The van der Waals surface area contributed by atoms with Gasteiger partial charge < -0.3 is 15.4 Å². The van der Waals surface area contributed by atoms with Gasteiger partial charge in [0.05, 0.1) is 0 Å². The van der Waals surface area contributed by atoms with Crippen LogP contribution in [0.15, 0.2) is 22.7 Å². The third-order valence-electron chi connectivity index (χ3n) is 1.87. The number of hydrogen-bond acceptors (Lipinski definition) is 4. The van der Waals surface area contributed by atoms with Gasteiger partial charge in [-0.05, 0) is 12.1 Å². The largest absolute Gasteiger partial charge is 0.506 e. The maximum atomic E-state index is 13.5. The Morgan fingerprint density at radius 1 is 1.47 bits per heavy atom. The van der Waals surface area contributed by atoms with Gasteiger partial charge in [-0.2, -0.15) is 0 Å². The predicted molar refractivity (Wildman–Crippen MR) is 53.0 cm³/mol. The van der Waals surface area contributed by atoms with Crippen LogP contribution in [-0.2, 0) is 0 Å². The first-order valence-corrected chi connectivity index (χ1v) is 4.37. The molecule has 0 atom stereocenters. The van der Waals surface area contributed by atoms with Crippen LogP contribution in [-0.4, -0.2) is 10.3 Å². The van der Waals surface area contributed by atoms with Gasteiger partial charge in [0.15, 0.2) is 5.82 Å². The molecule has 2 rings (SSSR count). The van der Waals surface area contributed by atoms with E-state index in [1.165, 1.54) is 18.2 Å². The molecule has 0 unspecified atom stereocenters. The zero-order valence-electron chi connectivity index (χ0n) is 7.37. The lowest BCUT2D eigenvalue weighted by Gasteiger charge is -2.02. The summed E-state index contributed by atoms with van der Waals surface area (Å²) in [6, 6.07) is 3.98. The van der Waals surface area contributed by atoms with E-state index in [9.17, 15) is 4.39 Å². The van der Waals surface area contributed by atoms with Crippen LogP contribution in [0.3, 0.4) is 0 Å². The highest BCUT2D eigenvalue weighted by atomic mass is 35.5. The fraction of sp³-hybridized carbons (Fsp3) is 0. The van der Waals surface area contributed by atoms with Crippen LogP contribution in [0.5, 0.6) is 5.75 Å². The molecule has 0 amide bonds. The van der Waals surface area contributed by atoms with Gasteiger partial charge in [0.25, 0.3) is 0 Å². The standard InChI is InChI=1S/C9H6ClFN2O2/c10-8-6(14)2-1-4(9(8)11)5-3-7(12)15-13-5/h1-3,14H,12H2. The molecule has 0 saturated carbocycles. The normalized spacial score (nSPS) is 10.5. The number of anilines is 1. The number of phenolic OH excluding ortho intramolecular Hbond substituents is 1. The van der Waals surface area contributed by atoms with Gasteiger partial charge in [-0.3, -0.25) is 0 Å². The van der Waals surface area contributed by atoms with Gasteiger partial charge >= 0.3 is 0 Å². The van der Waals surface area contributed by atoms with E-state index in [2.05, 4.69) is 9.68 Å². The molecule has 78 valence electrons. The molecule has 4 nitrogen and oxygen atoms in total. The molecule has 0 bridgehead atoms. The Labute approximate surface area is 89.1 Å². The summed E-state index contributed by atoms with van der Waals surface area (Å²) in [7, 11) is 0. The zero-order valence-corrected chi connectivity index (χ0v) is 8.12. The van der Waals surface area contributed by atoms with Gasteiger partial charge in [-0.15, -0.1) is 0 Å². The van der Waals surface area contributed by atoms with Crippen LogP contribution in [0.25, 0.3) is 11.3 Å². The molecule has 6 heteroatoms. The molecule has 0 aliphatic carbocycles. The number of hydrogen-bond donors (Lipinski definition) is 2. The molecule has 1 heterocycles. The summed E-state index contributed by atoms with van der Waals surface area (Å²) in [6.07, 6.45) is 0. The zero-order chi connectivity index (χ0) is 11.0. The number of benzene rings is 1. The van der Waals surface area contributed by atoms with Crippen LogP contribution in [0.1, 0.15) is 0 Å². The molecule has 2 aromatic rings. The molecule has 0 aliphatic rings. The van der Waals surface area contributed by atoms with Crippen LogP contribution < -0.4 is 5.73 Å². The highest BCUT2D eigenvalue weighted by Crippen LogP contribution is 2.33. The molecule has 1 aromatic carbocycles. The van der Waals surface area contributed by atoms with Gasteiger partial charge in [0.1, 0.15) is 16.5 Å². The minimum absolute atomic E-state index is 0.0774. The second kappa shape index (κ2) is 3.43. The number of nitrogens with two attached hydrogens (primary N) is 1. The minimum Gasteiger partial charge on any atom is -0.506 e. The van der Waals surface area contributed by atoms with Crippen molar-refractivity contribution in [1.82, 2.24) is 5.16 Å². The minimum atomic E-state index is -0.759. The molecular formula is C9H6ClFN2O2. The fourth-order valence-corrected chi connectivity index (χ4v) is 1.32. The molecule has 15 heavy (non-hydrogen) atoms. The van der Waals surface area contributed by atoms with E-state index in [-0.39, 0.29) is 27.9 Å². The maximum absolute atomic E-state index is 13.5. The lowest BCUT2D eigenvalue weighted by Crippen LogP contribution is -1.86. The Morgan fingerprint density at radius 2 is 2.20 bits per heavy atom. The van der Waals surface area contributed by atoms with E-state index in [0.717, 1.165) is 0 Å². The third kappa shape index (κ3) is 1.61. The number of nitrogens with zero attached hydrogens (tertiary/aromatic N) is 1. The highest BCUT2D eigenvalue weighted by Gasteiger charge is 2.15. The Balaban J connectivity index is 2.59. The van der Waals surface area contributed by atoms with Crippen molar-refractivity contribution in [1.29, 1.82) is 0 Å². The third-order valence-corrected chi connectivity index (χ3v) is 2.23. The first-order chi connectivity index (χ1) is 7.09. The molecule has 0 aliphatic heterocycles. The number of rotatable bonds is 1. The lowest BCUT2D eigenvalue weighted by molar-refractivity contribution is 0.438. The maximum Gasteiger partial charge on any atom is 0.222 e. The van der Waals surface area contributed by atoms with Gasteiger partial charge in [-0.1, -0.05) is 16.8 Å². The van der Waals surface area contributed by atoms with Crippen LogP contribution >= 0.6 is 11.6 Å². The first-order valence-electron chi connectivity index (χ1n) is 3.99. The average Bonchev–Trinajstić information content (AvgIpc) is 2.61. The second-order valence-corrected chi connectivity index (χ2v) is 3.25. The molecule has 0 radical (unpaired) electrons. The first kappa shape index (κ1) is 9.79. The van der Waals surface area contributed by atoms with Gasteiger partial charge in [0, 0.05) is 11.6 Å². The summed E-state index contributed by atoms with van der Waals surface area (Å²) in [6.45, 7) is 0. The van der Waals surface area contributed by atoms with Gasteiger partial charge in [0.2, 0.25) is 5.88 Å². The molecule has 0 fully saturated rings. The number of aromatic hydroxyl groups is 1. The van der Waals surface area contributed by atoms with E-state index in [1.54, 1.807) is 0 Å². The van der Waals surface area contributed by atoms with Crippen LogP contribution in [0.4, 0.5) is 10.3 Å². The fourth-order valence-electron chi connectivity index (χ4n) is 1.15. The summed E-state index contributed by atoms with van der Waals surface area (Å²) in [5, 5.41) is 12.3. The highest BCUT2D eigenvalue weighted by molar-refractivity contribution is 6.32. The van der Waals surface area contributed by atoms with E-state index in [0.29, 0.717) is 0 Å². The number of phenols is 1. The molecule has 3 N–H and O–H groups in total. The van der Waals surface area contributed by atoms with E-state index >= 15 is 0 Å². The van der Waals surface area contributed by atoms with Crippen molar-refractivity contribution in [3.63, 3.8) is 0 Å². The predicted octanol–water partition coefficient (Wildman–Crippen LogP) is 2.42. The van der Waals surface area contributed by atoms with E-state index in [1.807, 2.05) is 0 Å². The molecule has 0 spiro atoms. The van der Waals surface area contributed by atoms with Crippen molar-refractivity contribution in [2.45, 2.75) is 0 Å². The summed E-state index contributed by atoms with van der Waals surface area (Å²) in [4.78, 5) is 0. The second-order valence-electron chi connectivity index (χ2n) is 2.87. The quantitative estimate of drug-likeness (QED) is 0.786. The molecule has 0 saturated heterocycles. The summed E-state index contributed by atoms with van der Waals surface area (Å²) < 4.78 is 18.1. The van der Waals surface area contributed by atoms with E-state index in [4.69, 9.17) is 22.4 Å². The van der Waals surface area contributed by atoms with Crippen molar-refractivity contribution in [2.24, 2.45) is 0 Å². The topological polar surface area (TPSA) is 72.3 Å². The van der Waals surface area contributed by atoms with E-state index < -0.39 is 5.82 Å². The van der Waals surface area contributed by atoms with Crippen LogP contribution in [0.2, 0.25) is 5.02 Å². The molecule has 1 aromatic heterocycles. The lowest BCUT2D eigenvalue weighted by atomic mass is 10.1. The van der Waals surface area contributed by atoms with Crippen molar-refractivity contribution in [2.75, 3.05) is 5.73 Å². The number of nitrogen functional groups attached to an aromatic ring is 1. The van der Waals surface area contributed by atoms with Crippen LogP contribution in [0, 0.1) is 5.82 Å². The van der Waals surface area contributed by atoms with Crippen molar-refractivity contribution in [3.05, 3.63) is 29.0 Å². The number of halogens is 2. The summed E-state index contributed by atoms with van der Waals surface area (Å²) in [5.41, 5.74) is 5.65. The van der Waals surface area contributed by atoms with Crippen molar-refractivity contribution < 1.29 is 14.0 Å². The summed E-state index contributed by atoms with van der Waals surface area (Å²) >= 11 is 5.52. The Bertz CT molecular complexity index is 513. The van der Waals surface area contributed by atoms with Gasteiger partial charge in [-0.25, -0.2) is 4.39 Å². The Kier molecular flexibility index (Phi) is 2.24. The average molecular weight is 229 g/mol. The smallest absolute Gasteiger partial charge is 0.222 e. The number of aromatic nitrogens is 1. The SMILES string of the molecule is Nc1cc(-c2ccc(O)c(Cl)c2F)no1. The summed E-state index contributed by atoms with van der Waals surface area (Å²) in [5.74, 6) is -1.01. The molecular weight excluding hydrogens is 223 g/mol. The van der Waals surface area contributed by atoms with Crippen molar-refractivity contribution in [3.8, 4) is 17.0 Å². The Morgan fingerprint density at radius 3 is 2.80 bits per heavy atom. The van der Waals surface area contributed by atoms with Crippen molar-refractivity contribution >= 4 is 17.5 Å². The Hall–Kier alpha value is -1.75. The monoisotopic (exact) mass is 228 g/mol.